The summed E-state index contributed by atoms with van der Waals surface area (Å²) in [5, 5.41) is 2.50. The number of nitrogens with one attached hydrogen (secondary N) is 1. The van der Waals surface area contributed by atoms with Crippen molar-refractivity contribution in [1.82, 2.24) is 10.2 Å². The van der Waals surface area contributed by atoms with Gasteiger partial charge in [-0.2, -0.15) is 0 Å². The molecule has 1 fully saturated rings. The minimum Gasteiger partial charge on any atom is -0.379 e. The van der Waals surface area contributed by atoms with Crippen LogP contribution in [0, 0.1) is 0 Å². The number of nitrogens with zero attached hydrogens (tertiary/aromatic N) is 1. The summed E-state index contributed by atoms with van der Waals surface area (Å²) >= 11 is 0. The Labute approximate surface area is 78.5 Å². The number of ether oxygens (including phenoxy) is 1. The van der Waals surface area contributed by atoms with Gasteiger partial charge in [0.1, 0.15) is 0 Å². The Morgan fingerprint density at radius 1 is 1.46 bits per heavy atom. The fourth-order valence-corrected chi connectivity index (χ4v) is 1.03. The highest BCUT2D eigenvalue weighted by molar-refractivity contribution is 5.80. The van der Waals surface area contributed by atoms with Crippen LogP contribution in [-0.2, 0) is 9.53 Å². The number of carbonyl (C=O) groups is 1. The molecule has 0 aromatic rings. The van der Waals surface area contributed by atoms with Crippen molar-refractivity contribution < 1.29 is 9.53 Å². The summed E-state index contributed by atoms with van der Waals surface area (Å²) in [6, 6.07) is 0. The fourth-order valence-electron chi connectivity index (χ4n) is 1.03. The quantitative estimate of drug-likeness (QED) is 0.574. The van der Waals surface area contributed by atoms with Crippen molar-refractivity contribution in [2.75, 3.05) is 33.4 Å². The lowest BCUT2D eigenvalue weighted by Crippen LogP contribution is -2.32. The first-order valence-corrected chi connectivity index (χ1v) is 4.49. The van der Waals surface area contributed by atoms with E-state index in [-0.39, 0.29) is 5.91 Å². The molecule has 0 radical (unpaired) electrons. The topological polar surface area (TPSA) is 41.6 Å². The van der Waals surface area contributed by atoms with Crippen LogP contribution in [-0.4, -0.2) is 44.2 Å². The molecule has 0 unspecified atom stereocenters. The first-order valence-electron chi connectivity index (χ1n) is 4.49. The van der Waals surface area contributed by atoms with Gasteiger partial charge in [-0.25, -0.2) is 0 Å². The van der Waals surface area contributed by atoms with Crippen molar-refractivity contribution in [3.63, 3.8) is 0 Å². The number of amides is 1. The van der Waals surface area contributed by atoms with E-state index in [1.807, 2.05) is 0 Å². The highest BCUT2D eigenvalue weighted by Gasteiger charge is 2.02. The van der Waals surface area contributed by atoms with Gasteiger partial charge >= 0.3 is 0 Å². The molecule has 0 bridgehead atoms. The smallest absolute Gasteiger partial charge is 0.227 e. The summed E-state index contributed by atoms with van der Waals surface area (Å²) in [6.07, 6.45) is 4.00. The molecule has 2 rings (SSSR count). The van der Waals surface area contributed by atoms with Crippen molar-refractivity contribution in [2.24, 2.45) is 0 Å². The first kappa shape index (κ1) is 10.2. The lowest BCUT2D eigenvalue weighted by Gasteiger charge is -2.21. The zero-order chi connectivity index (χ0) is 9.52. The number of hydrogen-bond acceptors (Lipinski definition) is 3. The average Bonchev–Trinajstić information content (AvgIpc) is 2.58. The van der Waals surface area contributed by atoms with Gasteiger partial charge in [-0.15, -0.1) is 0 Å². The van der Waals surface area contributed by atoms with Gasteiger partial charge in [0.2, 0.25) is 5.91 Å². The predicted octanol–water partition coefficient (Wildman–Crippen LogP) is -0.0316. The van der Waals surface area contributed by atoms with Gasteiger partial charge in [0.15, 0.2) is 0 Å². The molecule has 0 atom stereocenters. The summed E-state index contributed by atoms with van der Waals surface area (Å²) in [4.78, 5) is 12.3. The van der Waals surface area contributed by atoms with E-state index < -0.39 is 0 Å². The minimum absolute atomic E-state index is 0.0926. The Kier molecular flexibility index (Phi) is 4.49. The monoisotopic (exact) mass is 184 g/mol. The zero-order valence-corrected chi connectivity index (χ0v) is 7.95. The van der Waals surface area contributed by atoms with Crippen molar-refractivity contribution in [3.8, 4) is 0 Å². The Morgan fingerprint density at radius 3 is 2.38 bits per heavy atom. The van der Waals surface area contributed by atoms with Crippen molar-refractivity contribution in [3.05, 3.63) is 12.3 Å². The maximum Gasteiger partial charge on any atom is 0.227 e. The van der Waals surface area contributed by atoms with Crippen molar-refractivity contribution in [1.29, 1.82) is 0 Å². The van der Waals surface area contributed by atoms with Gasteiger partial charge < -0.3 is 15.0 Å². The maximum absolute atomic E-state index is 10.1. The van der Waals surface area contributed by atoms with E-state index in [1.54, 1.807) is 12.3 Å². The number of hydrogen-bond donors (Lipinski definition) is 1. The molecule has 4 heteroatoms. The second kappa shape index (κ2) is 5.72. The standard InChI is InChI=1S/C5H11NO.C4H5NO/c1-6-2-4-7-5-3-6;6-4-2-1-3-5-4/h2-5H2,1H3;1,3H,2H2,(H,5,6). The van der Waals surface area contributed by atoms with Crippen LogP contribution in [0.2, 0.25) is 0 Å². The van der Waals surface area contributed by atoms with Crippen LogP contribution in [0.5, 0.6) is 0 Å². The number of carbonyl (C=O) groups excluding carboxylic acids is 1. The van der Waals surface area contributed by atoms with Gasteiger partial charge in [-0.1, -0.05) is 6.08 Å². The molecule has 0 spiro atoms. The van der Waals surface area contributed by atoms with Gasteiger partial charge in [-0.3, -0.25) is 4.79 Å². The van der Waals surface area contributed by atoms with E-state index in [9.17, 15) is 4.79 Å². The first-order chi connectivity index (χ1) is 6.29. The molecule has 2 heterocycles. The van der Waals surface area contributed by atoms with E-state index >= 15 is 0 Å². The van der Waals surface area contributed by atoms with Crippen molar-refractivity contribution in [2.45, 2.75) is 6.42 Å². The fraction of sp³-hybridized carbons (Fsp3) is 0.667. The van der Waals surface area contributed by atoms with Gasteiger partial charge in [0, 0.05) is 25.7 Å². The molecule has 2 aliphatic heterocycles. The van der Waals surface area contributed by atoms with Crippen molar-refractivity contribution >= 4 is 5.91 Å². The third-order valence-corrected chi connectivity index (χ3v) is 1.90. The second-order valence-electron chi connectivity index (χ2n) is 3.09. The van der Waals surface area contributed by atoms with E-state index in [0.29, 0.717) is 6.42 Å². The van der Waals surface area contributed by atoms with Gasteiger partial charge in [0.25, 0.3) is 0 Å². The third-order valence-electron chi connectivity index (χ3n) is 1.90. The number of likely N-dealkylation sites (N-methyl/N-ethyl adjacent to an activating group) is 1. The molecule has 13 heavy (non-hydrogen) atoms. The molecule has 0 aromatic heterocycles. The summed E-state index contributed by atoms with van der Waals surface area (Å²) < 4.78 is 5.10. The van der Waals surface area contributed by atoms with Gasteiger partial charge in [-0.05, 0) is 7.05 Å². The predicted molar refractivity (Wildman–Crippen MR) is 50.2 cm³/mol. The lowest BCUT2D eigenvalue weighted by atomic mass is 10.5. The van der Waals surface area contributed by atoms with Crippen LogP contribution >= 0.6 is 0 Å². The van der Waals surface area contributed by atoms with E-state index in [1.165, 1.54) is 0 Å². The maximum atomic E-state index is 10.1. The molecule has 1 amide bonds. The van der Waals surface area contributed by atoms with Crippen LogP contribution in [0.1, 0.15) is 6.42 Å². The summed E-state index contributed by atoms with van der Waals surface area (Å²) in [5.74, 6) is 0.0926. The molecule has 74 valence electrons. The SMILES string of the molecule is CN1CCOCC1.O=C1CC=CN1. The summed E-state index contributed by atoms with van der Waals surface area (Å²) in [7, 11) is 2.11. The highest BCUT2D eigenvalue weighted by Crippen LogP contribution is 1.89. The Hall–Kier alpha value is -0.870. The van der Waals surface area contributed by atoms with Crippen LogP contribution in [0.4, 0.5) is 0 Å². The number of rotatable bonds is 0. The Bertz CT molecular complexity index is 176. The molecule has 0 aromatic carbocycles. The third kappa shape index (κ3) is 4.65. The summed E-state index contributed by atoms with van der Waals surface area (Å²) in [6.45, 7) is 4.02. The molecule has 4 nitrogen and oxygen atoms in total. The molecule has 2 aliphatic rings. The van der Waals surface area contributed by atoms with Crippen LogP contribution < -0.4 is 5.32 Å². The Balaban J connectivity index is 0.000000132. The molecule has 0 aliphatic carbocycles. The minimum atomic E-state index is 0.0926. The van der Waals surface area contributed by atoms with E-state index in [2.05, 4.69) is 17.3 Å². The van der Waals surface area contributed by atoms with Crippen LogP contribution in [0.15, 0.2) is 12.3 Å². The number of morpholine rings is 1. The second-order valence-corrected chi connectivity index (χ2v) is 3.09. The van der Waals surface area contributed by atoms with E-state index in [4.69, 9.17) is 4.74 Å². The molecule has 1 saturated heterocycles. The normalized spacial score (nSPS) is 22.1. The molecule has 1 N–H and O–H groups in total. The Morgan fingerprint density at radius 2 is 2.15 bits per heavy atom. The highest BCUT2D eigenvalue weighted by atomic mass is 16.5. The zero-order valence-electron chi connectivity index (χ0n) is 7.95. The van der Waals surface area contributed by atoms with E-state index in [0.717, 1.165) is 26.3 Å². The lowest BCUT2D eigenvalue weighted by molar-refractivity contribution is -0.118. The average molecular weight is 184 g/mol. The van der Waals surface area contributed by atoms with Crippen LogP contribution in [0.3, 0.4) is 0 Å². The molecule has 0 saturated carbocycles. The van der Waals surface area contributed by atoms with Crippen LogP contribution in [0.25, 0.3) is 0 Å². The summed E-state index contributed by atoms with van der Waals surface area (Å²) in [5.41, 5.74) is 0. The molecular weight excluding hydrogens is 168 g/mol. The largest absolute Gasteiger partial charge is 0.379 e. The molecular formula is C9H16N2O2. The van der Waals surface area contributed by atoms with Gasteiger partial charge in [0.05, 0.1) is 13.2 Å².